The van der Waals surface area contributed by atoms with Crippen LogP contribution in [0.5, 0.6) is 0 Å². The Hall–Kier alpha value is -2.35. The molecule has 0 aliphatic heterocycles. The Morgan fingerprint density at radius 1 is 1.23 bits per heavy atom. The van der Waals surface area contributed by atoms with Crippen molar-refractivity contribution in [2.45, 2.75) is 26.9 Å². The Balaban J connectivity index is 2.19. The maximum Gasteiger partial charge on any atom is 0.241 e. The molecule has 22 heavy (non-hydrogen) atoms. The summed E-state index contributed by atoms with van der Waals surface area (Å²) in [6, 6.07) is 3.84. The summed E-state index contributed by atoms with van der Waals surface area (Å²) in [5.41, 5.74) is 12.0. The number of aromatic nitrogens is 4. The smallest absolute Gasteiger partial charge is 0.241 e. The highest BCUT2D eigenvalue weighted by atomic mass is 15.4. The number of nitrogens with zero attached hydrogens (tertiary/aromatic N) is 6. The van der Waals surface area contributed by atoms with Crippen molar-refractivity contribution in [3.8, 4) is 5.69 Å². The van der Waals surface area contributed by atoms with Crippen LogP contribution in [0.2, 0.25) is 0 Å². The topological polar surface area (TPSA) is 102 Å². The molecule has 8 nitrogen and oxygen atoms in total. The molecular formula is C14H24N8. The zero-order valence-electron chi connectivity index (χ0n) is 13.6. The average Bonchev–Trinajstić information content (AvgIpc) is 2.86. The lowest BCUT2D eigenvalue weighted by atomic mass is 10.3. The first kappa shape index (κ1) is 16.0. The van der Waals surface area contributed by atoms with Crippen molar-refractivity contribution >= 4 is 17.7 Å². The van der Waals surface area contributed by atoms with Gasteiger partial charge in [0.25, 0.3) is 0 Å². The van der Waals surface area contributed by atoms with Crippen LogP contribution in [0, 0.1) is 0 Å². The first-order valence-corrected chi connectivity index (χ1v) is 7.39. The van der Waals surface area contributed by atoms with Crippen LogP contribution in [0.1, 0.15) is 20.8 Å². The van der Waals surface area contributed by atoms with E-state index in [1.54, 1.807) is 6.20 Å². The predicted molar refractivity (Wildman–Crippen MR) is 88.8 cm³/mol. The Morgan fingerprint density at radius 2 is 1.91 bits per heavy atom. The molecule has 0 spiro atoms. The second-order valence-electron chi connectivity index (χ2n) is 5.08. The van der Waals surface area contributed by atoms with Crippen molar-refractivity contribution in [2.24, 2.45) is 0 Å². The highest BCUT2D eigenvalue weighted by molar-refractivity contribution is 5.45. The van der Waals surface area contributed by atoms with Crippen LogP contribution in [0.25, 0.3) is 5.69 Å². The Bertz CT molecular complexity index is 602. The number of hydrogen-bond donors (Lipinski definition) is 2. The highest BCUT2D eigenvalue weighted by Gasteiger charge is 2.17. The summed E-state index contributed by atoms with van der Waals surface area (Å²) in [6.07, 6.45) is 1.98. The van der Waals surface area contributed by atoms with E-state index in [4.69, 9.17) is 11.5 Å². The SMILES string of the molecule is CCN(CC)C(C)N(C)c1ccc(-n2nc(N)nc2N)cn1. The van der Waals surface area contributed by atoms with Gasteiger partial charge in [0.05, 0.1) is 18.1 Å². The number of hydrogen-bond acceptors (Lipinski definition) is 7. The van der Waals surface area contributed by atoms with Gasteiger partial charge in [-0.2, -0.15) is 9.67 Å². The number of rotatable bonds is 6. The van der Waals surface area contributed by atoms with Gasteiger partial charge >= 0.3 is 0 Å². The quantitative estimate of drug-likeness (QED) is 0.766. The van der Waals surface area contributed by atoms with Crippen LogP contribution in [0.15, 0.2) is 18.3 Å². The van der Waals surface area contributed by atoms with E-state index in [2.05, 4.69) is 45.6 Å². The van der Waals surface area contributed by atoms with Crippen molar-refractivity contribution in [1.29, 1.82) is 0 Å². The summed E-state index contributed by atoms with van der Waals surface area (Å²) >= 11 is 0. The molecule has 4 N–H and O–H groups in total. The van der Waals surface area contributed by atoms with Crippen LogP contribution in [0.4, 0.5) is 17.7 Å². The van der Waals surface area contributed by atoms with Crippen molar-refractivity contribution in [2.75, 3.05) is 36.5 Å². The van der Waals surface area contributed by atoms with Crippen molar-refractivity contribution < 1.29 is 0 Å². The zero-order chi connectivity index (χ0) is 16.3. The van der Waals surface area contributed by atoms with Gasteiger partial charge in [-0.3, -0.25) is 4.90 Å². The molecule has 1 atom stereocenters. The molecule has 2 aromatic rings. The molecule has 0 bridgehead atoms. The summed E-state index contributed by atoms with van der Waals surface area (Å²) in [4.78, 5) is 12.9. The van der Waals surface area contributed by atoms with E-state index >= 15 is 0 Å². The fourth-order valence-electron chi connectivity index (χ4n) is 2.43. The Labute approximate surface area is 130 Å². The second kappa shape index (κ2) is 6.61. The van der Waals surface area contributed by atoms with E-state index in [1.165, 1.54) is 4.68 Å². The third-order valence-electron chi connectivity index (χ3n) is 3.89. The van der Waals surface area contributed by atoms with E-state index in [1.807, 2.05) is 19.2 Å². The number of nitrogens with two attached hydrogens (primary N) is 2. The lowest BCUT2D eigenvalue weighted by Crippen LogP contribution is -2.44. The normalized spacial score (nSPS) is 12.6. The zero-order valence-corrected chi connectivity index (χ0v) is 13.6. The summed E-state index contributed by atoms with van der Waals surface area (Å²) in [5.74, 6) is 1.28. The largest absolute Gasteiger partial charge is 0.368 e. The molecule has 0 saturated heterocycles. The van der Waals surface area contributed by atoms with Gasteiger partial charge in [0.15, 0.2) is 0 Å². The van der Waals surface area contributed by atoms with Crippen molar-refractivity contribution in [3.05, 3.63) is 18.3 Å². The van der Waals surface area contributed by atoms with E-state index in [0.717, 1.165) is 24.6 Å². The third-order valence-corrected chi connectivity index (χ3v) is 3.89. The molecule has 120 valence electrons. The fraction of sp³-hybridized carbons (Fsp3) is 0.500. The maximum absolute atomic E-state index is 5.76. The predicted octanol–water partition coefficient (Wildman–Crippen LogP) is 0.951. The molecule has 0 aliphatic rings. The van der Waals surface area contributed by atoms with Gasteiger partial charge in [-0.1, -0.05) is 13.8 Å². The molecule has 2 rings (SSSR count). The second-order valence-corrected chi connectivity index (χ2v) is 5.08. The standard InChI is InChI=1S/C14H24N8/c1-5-21(6-2)10(3)20(4)12-8-7-11(9-17-12)22-14(16)18-13(15)19-22/h7-10H,5-6H2,1-4H3,(H4,15,16,18,19). The fourth-order valence-corrected chi connectivity index (χ4v) is 2.43. The maximum atomic E-state index is 5.76. The first-order valence-electron chi connectivity index (χ1n) is 7.39. The number of pyridine rings is 1. The van der Waals surface area contributed by atoms with Crippen LogP contribution >= 0.6 is 0 Å². The minimum absolute atomic E-state index is 0.147. The first-order chi connectivity index (χ1) is 10.5. The average molecular weight is 304 g/mol. The molecule has 0 saturated carbocycles. The van der Waals surface area contributed by atoms with Gasteiger partial charge in [0.2, 0.25) is 11.9 Å². The molecule has 2 aromatic heterocycles. The van der Waals surface area contributed by atoms with E-state index in [-0.39, 0.29) is 18.1 Å². The molecule has 0 amide bonds. The molecule has 0 aliphatic carbocycles. The summed E-state index contributed by atoms with van der Waals surface area (Å²) in [7, 11) is 2.03. The Kier molecular flexibility index (Phi) is 4.81. The lowest BCUT2D eigenvalue weighted by Gasteiger charge is -2.34. The van der Waals surface area contributed by atoms with Crippen molar-refractivity contribution in [1.82, 2.24) is 24.6 Å². The van der Waals surface area contributed by atoms with E-state index < -0.39 is 0 Å². The van der Waals surface area contributed by atoms with Gasteiger partial charge in [-0.25, -0.2) is 4.98 Å². The molecule has 8 heteroatoms. The molecular weight excluding hydrogens is 280 g/mol. The van der Waals surface area contributed by atoms with Gasteiger partial charge < -0.3 is 16.4 Å². The molecule has 0 radical (unpaired) electrons. The van der Waals surface area contributed by atoms with Crippen LogP contribution in [-0.4, -0.2) is 51.0 Å². The van der Waals surface area contributed by atoms with Gasteiger partial charge in [-0.15, -0.1) is 5.10 Å². The number of anilines is 3. The number of nitrogen functional groups attached to an aromatic ring is 2. The molecule has 0 fully saturated rings. The van der Waals surface area contributed by atoms with E-state index in [0.29, 0.717) is 0 Å². The lowest BCUT2D eigenvalue weighted by molar-refractivity contribution is 0.229. The molecule has 2 heterocycles. The van der Waals surface area contributed by atoms with Gasteiger partial charge in [-0.05, 0) is 32.1 Å². The van der Waals surface area contributed by atoms with E-state index in [9.17, 15) is 0 Å². The summed E-state index contributed by atoms with van der Waals surface area (Å²) in [6.45, 7) is 8.47. The van der Waals surface area contributed by atoms with Crippen molar-refractivity contribution in [3.63, 3.8) is 0 Å². The van der Waals surface area contributed by atoms with Crippen LogP contribution in [0.3, 0.4) is 0 Å². The minimum Gasteiger partial charge on any atom is -0.368 e. The van der Waals surface area contributed by atoms with Gasteiger partial charge in [0.1, 0.15) is 5.82 Å². The Morgan fingerprint density at radius 3 is 2.36 bits per heavy atom. The summed E-state index contributed by atoms with van der Waals surface area (Å²) in [5, 5.41) is 4.04. The monoisotopic (exact) mass is 304 g/mol. The highest BCUT2D eigenvalue weighted by Crippen LogP contribution is 2.17. The summed E-state index contributed by atoms with van der Waals surface area (Å²) < 4.78 is 1.47. The molecule has 0 aromatic carbocycles. The minimum atomic E-state index is 0.147. The van der Waals surface area contributed by atoms with Crippen LogP contribution < -0.4 is 16.4 Å². The third kappa shape index (κ3) is 3.11. The van der Waals surface area contributed by atoms with Gasteiger partial charge in [0, 0.05) is 7.05 Å². The van der Waals surface area contributed by atoms with Crippen LogP contribution in [-0.2, 0) is 0 Å². The molecule has 1 unspecified atom stereocenters.